The van der Waals surface area contributed by atoms with E-state index in [0.717, 1.165) is 19.3 Å². The summed E-state index contributed by atoms with van der Waals surface area (Å²) in [7, 11) is 0. The molecule has 3 atom stereocenters. The Hall–Kier alpha value is -1.06. The van der Waals surface area contributed by atoms with Crippen molar-refractivity contribution in [2.75, 3.05) is 0 Å². The van der Waals surface area contributed by atoms with E-state index in [4.69, 9.17) is 9.47 Å². The molecule has 0 aromatic rings. The normalized spacial score (nSPS) is 39.5. The minimum atomic E-state index is -0.312. The second-order valence-corrected chi connectivity index (χ2v) is 4.69. The Morgan fingerprint density at radius 3 is 3.00 bits per heavy atom. The Kier molecular flexibility index (Phi) is 2.44. The summed E-state index contributed by atoms with van der Waals surface area (Å²) in [5.74, 6) is -0.150. The minimum Gasteiger partial charge on any atom is -0.463 e. The molecule has 84 valence electrons. The van der Waals surface area contributed by atoms with Crippen LogP contribution in [0.4, 0.5) is 0 Å². The lowest BCUT2D eigenvalue weighted by Crippen LogP contribution is -2.40. The fourth-order valence-corrected chi connectivity index (χ4v) is 2.61. The number of fused-ring (bicyclic) bond motifs is 1. The first-order valence-corrected chi connectivity index (χ1v) is 5.39. The molecule has 2 aliphatic rings. The highest BCUT2D eigenvalue weighted by atomic mass is 16.6. The van der Waals surface area contributed by atoms with Crippen LogP contribution in [0.15, 0.2) is 0 Å². The molecule has 1 heterocycles. The third-order valence-electron chi connectivity index (χ3n) is 3.47. The standard InChI is InChI=1S/C11H16O4/c1-7(12)14-9-3-4-11(2)8(5-9)6-10(13)15-11/h8-9H,3-6H2,1-2H3/t8-,9+,11-/m0/s1. The van der Waals surface area contributed by atoms with Crippen molar-refractivity contribution in [1.29, 1.82) is 0 Å². The van der Waals surface area contributed by atoms with Crippen LogP contribution >= 0.6 is 0 Å². The van der Waals surface area contributed by atoms with Gasteiger partial charge < -0.3 is 9.47 Å². The van der Waals surface area contributed by atoms with Crippen LogP contribution in [0.1, 0.15) is 39.5 Å². The summed E-state index contributed by atoms with van der Waals surface area (Å²) in [6.07, 6.45) is 2.77. The molecule has 1 aliphatic heterocycles. The second-order valence-electron chi connectivity index (χ2n) is 4.69. The molecule has 0 aromatic heterocycles. The van der Waals surface area contributed by atoms with Crippen molar-refractivity contribution in [1.82, 2.24) is 0 Å². The third kappa shape index (κ3) is 1.98. The molecule has 0 bridgehead atoms. The molecular formula is C11H16O4. The van der Waals surface area contributed by atoms with Crippen LogP contribution in [0.3, 0.4) is 0 Å². The summed E-state index contributed by atoms with van der Waals surface area (Å²) >= 11 is 0. The highest BCUT2D eigenvalue weighted by Gasteiger charge is 2.49. The van der Waals surface area contributed by atoms with Gasteiger partial charge in [0.05, 0.1) is 6.42 Å². The van der Waals surface area contributed by atoms with Gasteiger partial charge in [-0.1, -0.05) is 0 Å². The topological polar surface area (TPSA) is 52.6 Å². The number of carbonyl (C=O) groups excluding carboxylic acids is 2. The second kappa shape index (κ2) is 3.51. The van der Waals surface area contributed by atoms with Crippen LogP contribution in [0.25, 0.3) is 0 Å². The fourth-order valence-electron chi connectivity index (χ4n) is 2.61. The molecule has 1 saturated carbocycles. The molecule has 0 aromatic carbocycles. The fraction of sp³-hybridized carbons (Fsp3) is 0.818. The van der Waals surface area contributed by atoms with Gasteiger partial charge in [0.1, 0.15) is 11.7 Å². The Morgan fingerprint density at radius 1 is 1.60 bits per heavy atom. The molecule has 4 nitrogen and oxygen atoms in total. The van der Waals surface area contributed by atoms with Crippen molar-refractivity contribution < 1.29 is 19.1 Å². The maximum Gasteiger partial charge on any atom is 0.306 e. The van der Waals surface area contributed by atoms with Gasteiger partial charge in [0, 0.05) is 12.8 Å². The van der Waals surface area contributed by atoms with Gasteiger partial charge in [-0.3, -0.25) is 9.59 Å². The van der Waals surface area contributed by atoms with Crippen molar-refractivity contribution in [3.8, 4) is 0 Å². The molecule has 0 spiro atoms. The van der Waals surface area contributed by atoms with Crippen molar-refractivity contribution in [3.63, 3.8) is 0 Å². The predicted octanol–water partition coefficient (Wildman–Crippen LogP) is 1.42. The summed E-state index contributed by atoms with van der Waals surface area (Å²) in [5, 5.41) is 0. The molecule has 0 unspecified atom stereocenters. The summed E-state index contributed by atoms with van der Waals surface area (Å²) < 4.78 is 10.5. The quantitative estimate of drug-likeness (QED) is 0.617. The maximum absolute atomic E-state index is 11.2. The average molecular weight is 212 g/mol. The van der Waals surface area contributed by atoms with Gasteiger partial charge in [-0.2, -0.15) is 0 Å². The summed E-state index contributed by atoms with van der Waals surface area (Å²) in [5.41, 5.74) is -0.312. The molecular weight excluding hydrogens is 196 g/mol. The van der Waals surface area contributed by atoms with E-state index in [2.05, 4.69) is 0 Å². The smallest absolute Gasteiger partial charge is 0.306 e. The molecule has 15 heavy (non-hydrogen) atoms. The Labute approximate surface area is 88.9 Å². The summed E-state index contributed by atoms with van der Waals surface area (Å²) in [6, 6.07) is 0. The largest absolute Gasteiger partial charge is 0.463 e. The van der Waals surface area contributed by atoms with Crippen LogP contribution in [0, 0.1) is 5.92 Å². The van der Waals surface area contributed by atoms with E-state index in [-0.39, 0.29) is 29.6 Å². The lowest BCUT2D eigenvalue weighted by atomic mass is 9.75. The van der Waals surface area contributed by atoms with Crippen LogP contribution in [-0.4, -0.2) is 23.6 Å². The first-order valence-electron chi connectivity index (χ1n) is 5.39. The van der Waals surface area contributed by atoms with E-state index in [9.17, 15) is 9.59 Å². The van der Waals surface area contributed by atoms with Gasteiger partial charge in [-0.25, -0.2) is 0 Å². The van der Waals surface area contributed by atoms with Gasteiger partial charge in [0.15, 0.2) is 0 Å². The van der Waals surface area contributed by atoms with Crippen LogP contribution in [-0.2, 0) is 19.1 Å². The predicted molar refractivity (Wildman–Crippen MR) is 52.0 cm³/mol. The van der Waals surface area contributed by atoms with E-state index in [0.29, 0.717) is 6.42 Å². The summed E-state index contributed by atoms with van der Waals surface area (Å²) in [6.45, 7) is 3.40. The van der Waals surface area contributed by atoms with Gasteiger partial charge in [-0.05, 0) is 26.2 Å². The highest BCUT2D eigenvalue weighted by Crippen LogP contribution is 2.44. The lowest BCUT2D eigenvalue weighted by molar-refractivity contribution is -0.158. The zero-order chi connectivity index (χ0) is 11.1. The van der Waals surface area contributed by atoms with Crippen molar-refractivity contribution in [2.24, 2.45) is 5.92 Å². The van der Waals surface area contributed by atoms with E-state index in [1.165, 1.54) is 6.92 Å². The monoisotopic (exact) mass is 212 g/mol. The molecule has 1 aliphatic carbocycles. The molecule has 2 fully saturated rings. The van der Waals surface area contributed by atoms with Crippen molar-refractivity contribution in [3.05, 3.63) is 0 Å². The molecule has 2 rings (SSSR count). The Balaban J connectivity index is 2.00. The molecule has 1 saturated heterocycles. The number of ether oxygens (including phenoxy) is 2. The van der Waals surface area contributed by atoms with E-state index in [1.807, 2.05) is 6.92 Å². The number of hydrogen-bond donors (Lipinski definition) is 0. The zero-order valence-corrected chi connectivity index (χ0v) is 9.12. The van der Waals surface area contributed by atoms with Gasteiger partial charge in [0.25, 0.3) is 0 Å². The number of carbonyl (C=O) groups is 2. The maximum atomic E-state index is 11.2. The van der Waals surface area contributed by atoms with Crippen LogP contribution in [0.2, 0.25) is 0 Å². The number of rotatable bonds is 1. The number of hydrogen-bond acceptors (Lipinski definition) is 4. The third-order valence-corrected chi connectivity index (χ3v) is 3.47. The minimum absolute atomic E-state index is 0.0323. The van der Waals surface area contributed by atoms with Crippen LogP contribution < -0.4 is 0 Å². The van der Waals surface area contributed by atoms with Crippen LogP contribution in [0.5, 0.6) is 0 Å². The molecule has 0 radical (unpaired) electrons. The molecule has 0 amide bonds. The Morgan fingerprint density at radius 2 is 2.33 bits per heavy atom. The first-order chi connectivity index (χ1) is 6.99. The van der Waals surface area contributed by atoms with E-state index < -0.39 is 0 Å². The lowest BCUT2D eigenvalue weighted by Gasteiger charge is -2.37. The van der Waals surface area contributed by atoms with Gasteiger partial charge in [0.2, 0.25) is 0 Å². The SMILES string of the molecule is CC(=O)O[C@@H]1CC[C@]2(C)OC(=O)C[C@@H]2C1. The van der Waals surface area contributed by atoms with E-state index >= 15 is 0 Å². The Bertz CT molecular complexity index is 299. The first kappa shape index (κ1) is 10.5. The number of esters is 2. The van der Waals surface area contributed by atoms with Gasteiger partial charge in [-0.15, -0.1) is 0 Å². The van der Waals surface area contributed by atoms with E-state index in [1.54, 1.807) is 0 Å². The molecule has 0 N–H and O–H groups in total. The molecule has 4 heteroatoms. The van der Waals surface area contributed by atoms with Gasteiger partial charge >= 0.3 is 11.9 Å². The van der Waals surface area contributed by atoms with Crippen molar-refractivity contribution >= 4 is 11.9 Å². The highest BCUT2D eigenvalue weighted by molar-refractivity contribution is 5.73. The average Bonchev–Trinajstić information content (AvgIpc) is 2.38. The zero-order valence-electron chi connectivity index (χ0n) is 9.12. The van der Waals surface area contributed by atoms with Crippen molar-refractivity contribution in [2.45, 2.75) is 51.2 Å². The summed E-state index contributed by atoms with van der Waals surface area (Å²) in [4.78, 5) is 22.0.